The van der Waals surface area contributed by atoms with E-state index in [0.717, 1.165) is 73.0 Å². The van der Waals surface area contributed by atoms with Gasteiger partial charge in [-0.25, -0.2) is 0 Å². The van der Waals surface area contributed by atoms with Crippen LogP contribution in [-0.2, 0) is 16.1 Å². The number of carbonyl (C=O) groups is 1. The highest BCUT2D eigenvalue weighted by atomic mass is 16.5. The molecule has 0 spiro atoms. The molecule has 9 heteroatoms. The van der Waals surface area contributed by atoms with Crippen molar-refractivity contribution in [2.75, 3.05) is 46.5 Å². The summed E-state index contributed by atoms with van der Waals surface area (Å²) in [5.74, 6) is 2.42. The largest absolute Gasteiger partial charge is 0.497 e. The molecule has 2 aliphatic heterocycles. The zero-order valence-corrected chi connectivity index (χ0v) is 19.4. The summed E-state index contributed by atoms with van der Waals surface area (Å²) in [5, 5.41) is 8.66. The lowest BCUT2D eigenvalue weighted by molar-refractivity contribution is -0.126. The third-order valence-electron chi connectivity index (χ3n) is 6.21. The fourth-order valence-electron chi connectivity index (χ4n) is 4.20. The summed E-state index contributed by atoms with van der Waals surface area (Å²) in [7, 11) is 1.63. The Morgan fingerprint density at radius 2 is 1.82 bits per heavy atom. The van der Waals surface area contributed by atoms with Gasteiger partial charge in [-0.05, 0) is 48.4 Å². The van der Waals surface area contributed by atoms with Crippen LogP contribution in [0, 0.1) is 6.92 Å². The fourth-order valence-corrected chi connectivity index (χ4v) is 4.20. The lowest BCUT2D eigenvalue weighted by atomic mass is 10.0. The molecule has 178 valence electrons. The molecule has 5 rings (SSSR count). The first kappa shape index (κ1) is 22.4. The normalized spacial score (nSPS) is 16.8. The number of methoxy groups -OCH3 is 1. The predicted octanol–water partition coefficient (Wildman–Crippen LogP) is 2.77. The Labute approximate surface area is 198 Å². The molecule has 2 saturated heterocycles. The van der Waals surface area contributed by atoms with Crippen molar-refractivity contribution in [2.45, 2.75) is 19.6 Å². The first-order chi connectivity index (χ1) is 16.6. The van der Waals surface area contributed by atoms with Crippen molar-refractivity contribution in [3.05, 3.63) is 47.5 Å². The Morgan fingerprint density at radius 1 is 1.09 bits per heavy atom. The standard InChI is InChI=1S/C25H28N4O5/c1-17-11-19(13-28-7-9-32-10-8-28)22(12-23(17)33-21-14-29(15-21)16-30)25-27-26-24(34-25)18-3-5-20(31-2)6-4-18/h3-6,11-12,16,21H,7-10,13-15H2,1-2H3. The van der Waals surface area contributed by atoms with Gasteiger partial charge in [-0.2, -0.15) is 0 Å². The van der Waals surface area contributed by atoms with Gasteiger partial charge in [-0.1, -0.05) is 6.07 Å². The number of benzene rings is 2. The molecule has 0 atom stereocenters. The Morgan fingerprint density at radius 3 is 2.53 bits per heavy atom. The van der Waals surface area contributed by atoms with Gasteiger partial charge in [0, 0.05) is 30.8 Å². The average molecular weight is 465 g/mol. The van der Waals surface area contributed by atoms with E-state index < -0.39 is 0 Å². The van der Waals surface area contributed by atoms with E-state index in [9.17, 15) is 4.79 Å². The molecule has 9 nitrogen and oxygen atoms in total. The van der Waals surface area contributed by atoms with Gasteiger partial charge in [0.25, 0.3) is 0 Å². The van der Waals surface area contributed by atoms with Gasteiger partial charge in [0.1, 0.15) is 17.6 Å². The van der Waals surface area contributed by atoms with Crippen LogP contribution in [-0.4, -0.2) is 79.0 Å². The van der Waals surface area contributed by atoms with Gasteiger partial charge in [0.05, 0.1) is 33.4 Å². The van der Waals surface area contributed by atoms with E-state index in [2.05, 4.69) is 21.2 Å². The van der Waals surface area contributed by atoms with E-state index in [1.165, 1.54) is 0 Å². The van der Waals surface area contributed by atoms with E-state index in [4.69, 9.17) is 18.6 Å². The van der Waals surface area contributed by atoms with Crippen molar-refractivity contribution in [3.63, 3.8) is 0 Å². The highest BCUT2D eigenvalue weighted by molar-refractivity contribution is 5.65. The Bertz CT molecular complexity index is 1130. The van der Waals surface area contributed by atoms with Crippen molar-refractivity contribution in [1.29, 1.82) is 0 Å². The summed E-state index contributed by atoms with van der Waals surface area (Å²) < 4.78 is 23.1. The number of likely N-dealkylation sites (tertiary alicyclic amines) is 1. The van der Waals surface area contributed by atoms with E-state index in [-0.39, 0.29) is 6.10 Å². The van der Waals surface area contributed by atoms with Crippen LogP contribution in [0.15, 0.2) is 40.8 Å². The summed E-state index contributed by atoms with van der Waals surface area (Å²) in [6.07, 6.45) is 0.835. The van der Waals surface area contributed by atoms with E-state index >= 15 is 0 Å². The molecule has 2 fully saturated rings. The molecule has 2 aliphatic rings. The number of carbonyl (C=O) groups excluding carboxylic acids is 1. The van der Waals surface area contributed by atoms with Crippen LogP contribution in [0.25, 0.3) is 22.9 Å². The van der Waals surface area contributed by atoms with Crippen LogP contribution < -0.4 is 9.47 Å². The summed E-state index contributed by atoms with van der Waals surface area (Å²) in [5.41, 5.74) is 3.80. The maximum atomic E-state index is 10.9. The highest BCUT2D eigenvalue weighted by Crippen LogP contribution is 2.34. The molecule has 0 saturated carbocycles. The number of aromatic nitrogens is 2. The number of nitrogens with zero attached hydrogens (tertiary/aromatic N) is 4. The minimum Gasteiger partial charge on any atom is -0.497 e. The zero-order chi connectivity index (χ0) is 23.5. The summed E-state index contributed by atoms with van der Waals surface area (Å²) >= 11 is 0. The lowest BCUT2D eigenvalue weighted by Gasteiger charge is -2.36. The van der Waals surface area contributed by atoms with Crippen molar-refractivity contribution < 1.29 is 23.4 Å². The lowest BCUT2D eigenvalue weighted by Crippen LogP contribution is -2.52. The van der Waals surface area contributed by atoms with Gasteiger partial charge < -0.3 is 23.5 Å². The predicted molar refractivity (Wildman–Crippen MR) is 125 cm³/mol. The third-order valence-corrected chi connectivity index (χ3v) is 6.21. The van der Waals surface area contributed by atoms with E-state index in [1.807, 2.05) is 37.3 Å². The molecule has 3 heterocycles. The smallest absolute Gasteiger partial charge is 0.248 e. The molecule has 1 amide bonds. The second-order valence-corrected chi connectivity index (χ2v) is 8.60. The zero-order valence-electron chi connectivity index (χ0n) is 19.4. The molecule has 0 radical (unpaired) electrons. The SMILES string of the molecule is COc1ccc(-c2nnc(-c3cc(OC4CN(C=O)C4)c(C)cc3CN3CCOCC3)o2)cc1. The number of morpholine rings is 1. The number of ether oxygens (including phenoxy) is 3. The second kappa shape index (κ2) is 9.82. The molecule has 0 bridgehead atoms. The molecule has 34 heavy (non-hydrogen) atoms. The number of rotatable bonds is 8. The molecule has 3 aromatic rings. The maximum Gasteiger partial charge on any atom is 0.248 e. The Kier molecular flexibility index (Phi) is 6.46. The van der Waals surface area contributed by atoms with Gasteiger partial charge in [-0.15, -0.1) is 10.2 Å². The highest BCUT2D eigenvalue weighted by Gasteiger charge is 2.28. The number of amides is 1. The van der Waals surface area contributed by atoms with Crippen molar-refractivity contribution in [2.24, 2.45) is 0 Å². The van der Waals surface area contributed by atoms with Crippen LogP contribution in [0.4, 0.5) is 0 Å². The van der Waals surface area contributed by atoms with Crippen molar-refractivity contribution >= 4 is 6.41 Å². The average Bonchev–Trinajstić information content (AvgIpc) is 3.33. The summed E-state index contributed by atoms with van der Waals surface area (Å²) in [6.45, 7) is 7.19. The number of hydrogen-bond donors (Lipinski definition) is 0. The van der Waals surface area contributed by atoms with E-state index in [0.29, 0.717) is 24.9 Å². The minimum absolute atomic E-state index is 0.0145. The molecule has 0 aliphatic carbocycles. The second-order valence-electron chi connectivity index (χ2n) is 8.60. The van der Waals surface area contributed by atoms with Crippen molar-refractivity contribution in [1.82, 2.24) is 20.0 Å². The molecule has 0 unspecified atom stereocenters. The van der Waals surface area contributed by atoms with E-state index in [1.54, 1.807) is 12.0 Å². The van der Waals surface area contributed by atoms with Crippen LogP contribution in [0.3, 0.4) is 0 Å². The Balaban J connectivity index is 1.45. The van der Waals surface area contributed by atoms with Crippen LogP contribution in [0.2, 0.25) is 0 Å². The molecule has 1 aromatic heterocycles. The number of hydrogen-bond acceptors (Lipinski definition) is 8. The third kappa shape index (κ3) is 4.76. The van der Waals surface area contributed by atoms with Crippen LogP contribution in [0.5, 0.6) is 11.5 Å². The Hall–Kier alpha value is -3.43. The molecule has 0 N–H and O–H groups in total. The maximum absolute atomic E-state index is 10.9. The monoisotopic (exact) mass is 464 g/mol. The molecular weight excluding hydrogens is 436 g/mol. The fraction of sp³-hybridized carbons (Fsp3) is 0.400. The van der Waals surface area contributed by atoms with Crippen LogP contribution >= 0.6 is 0 Å². The van der Waals surface area contributed by atoms with Gasteiger partial charge >= 0.3 is 0 Å². The molecule has 2 aromatic carbocycles. The van der Waals surface area contributed by atoms with Gasteiger partial charge in [0.15, 0.2) is 0 Å². The van der Waals surface area contributed by atoms with Crippen molar-refractivity contribution in [3.8, 4) is 34.4 Å². The quantitative estimate of drug-likeness (QED) is 0.470. The topological polar surface area (TPSA) is 90.2 Å². The van der Waals surface area contributed by atoms with Gasteiger partial charge in [0.2, 0.25) is 18.2 Å². The number of aryl methyl sites for hydroxylation is 1. The van der Waals surface area contributed by atoms with Crippen LogP contribution in [0.1, 0.15) is 11.1 Å². The summed E-state index contributed by atoms with van der Waals surface area (Å²) in [6, 6.07) is 11.6. The summed E-state index contributed by atoms with van der Waals surface area (Å²) in [4.78, 5) is 14.9. The first-order valence-corrected chi connectivity index (χ1v) is 11.4. The minimum atomic E-state index is -0.0145. The molecular formula is C25H28N4O5. The van der Waals surface area contributed by atoms with Gasteiger partial charge in [-0.3, -0.25) is 9.69 Å². The first-order valence-electron chi connectivity index (χ1n) is 11.4.